The quantitative estimate of drug-likeness (QED) is 0.798. The Balaban J connectivity index is 1.80. The third-order valence-electron chi connectivity index (χ3n) is 3.12. The van der Waals surface area contributed by atoms with Gasteiger partial charge in [0.2, 0.25) is 11.8 Å². The van der Waals surface area contributed by atoms with Crippen LogP contribution in [-0.2, 0) is 16.1 Å². The highest BCUT2D eigenvalue weighted by Crippen LogP contribution is 2.26. The number of hydrogen-bond acceptors (Lipinski definition) is 4. The van der Waals surface area contributed by atoms with E-state index in [1.54, 1.807) is 0 Å². The Hall–Kier alpha value is -1.53. The standard InChI is InChI=1S/C14H11BrN2O2S/c15-10-3-1-2-9(6-10)11-8-20-12(16-11)7-17-13(18)4-5-14(17)19/h1-3,6,8H,4-5,7H2. The summed E-state index contributed by atoms with van der Waals surface area (Å²) in [7, 11) is 0. The van der Waals surface area contributed by atoms with Crippen LogP contribution in [0.4, 0.5) is 0 Å². The molecule has 0 aliphatic carbocycles. The van der Waals surface area contributed by atoms with E-state index in [-0.39, 0.29) is 18.4 Å². The Bertz CT molecular complexity index is 667. The molecule has 20 heavy (non-hydrogen) atoms. The van der Waals surface area contributed by atoms with Crippen molar-refractivity contribution in [3.05, 3.63) is 39.1 Å². The Morgan fingerprint density at radius 3 is 2.70 bits per heavy atom. The van der Waals surface area contributed by atoms with E-state index in [4.69, 9.17) is 0 Å². The van der Waals surface area contributed by atoms with E-state index in [2.05, 4.69) is 20.9 Å². The second-order valence-electron chi connectivity index (χ2n) is 4.51. The molecular formula is C14H11BrN2O2S. The SMILES string of the molecule is O=C1CCC(=O)N1Cc1nc(-c2cccc(Br)c2)cs1. The Kier molecular flexibility index (Phi) is 3.67. The number of benzene rings is 1. The number of hydrogen-bond donors (Lipinski definition) is 0. The van der Waals surface area contributed by atoms with Crippen molar-refractivity contribution in [3.63, 3.8) is 0 Å². The fourth-order valence-electron chi connectivity index (χ4n) is 2.10. The van der Waals surface area contributed by atoms with Gasteiger partial charge in [0.15, 0.2) is 0 Å². The van der Waals surface area contributed by atoms with E-state index >= 15 is 0 Å². The minimum Gasteiger partial charge on any atom is -0.276 e. The third kappa shape index (κ3) is 2.66. The first-order chi connectivity index (χ1) is 9.63. The van der Waals surface area contributed by atoms with Crippen LogP contribution in [0.15, 0.2) is 34.1 Å². The summed E-state index contributed by atoms with van der Waals surface area (Å²) < 4.78 is 0.995. The van der Waals surface area contributed by atoms with Gasteiger partial charge in [-0.1, -0.05) is 28.1 Å². The van der Waals surface area contributed by atoms with Gasteiger partial charge in [0.25, 0.3) is 0 Å². The first-order valence-corrected chi connectivity index (χ1v) is 7.84. The van der Waals surface area contributed by atoms with Gasteiger partial charge in [-0.2, -0.15) is 0 Å². The predicted octanol–water partition coefficient (Wildman–Crippen LogP) is 3.22. The minimum atomic E-state index is -0.103. The summed E-state index contributed by atoms with van der Waals surface area (Å²) in [6.07, 6.45) is 0.644. The number of carbonyl (C=O) groups is 2. The van der Waals surface area contributed by atoms with Crippen LogP contribution in [0.5, 0.6) is 0 Å². The van der Waals surface area contributed by atoms with Gasteiger partial charge < -0.3 is 0 Å². The lowest BCUT2D eigenvalue weighted by Gasteiger charge is -2.10. The molecule has 3 rings (SSSR count). The molecule has 2 aromatic rings. The topological polar surface area (TPSA) is 50.3 Å². The van der Waals surface area contributed by atoms with Crippen molar-refractivity contribution in [1.29, 1.82) is 0 Å². The molecule has 1 aromatic heterocycles. The molecule has 0 radical (unpaired) electrons. The van der Waals surface area contributed by atoms with Crippen molar-refractivity contribution in [2.75, 3.05) is 0 Å². The zero-order valence-electron chi connectivity index (χ0n) is 10.5. The summed E-state index contributed by atoms with van der Waals surface area (Å²) in [5.74, 6) is -0.205. The summed E-state index contributed by atoms with van der Waals surface area (Å²) >= 11 is 4.90. The molecular weight excluding hydrogens is 340 g/mol. The summed E-state index contributed by atoms with van der Waals surface area (Å²) in [6.45, 7) is 0.288. The number of imide groups is 1. The molecule has 0 saturated carbocycles. The number of carbonyl (C=O) groups excluding carboxylic acids is 2. The maximum absolute atomic E-state index is 11.6. The average molecular weight is 351 g/mol. The van der Waals surface area contributed by atoms with Gasteiger partial charge in [0, 0.05) is 28.3 Å². The van der Waals surface area contributed by atoms with Gasteiger partial charge in [0.1, 0.15) is 5.01 Å². The third-order valence-corrected chi connectivity index (χ3v) is 4.45. The predicted molar refractivity (Wildman–Crippen MR) is 80.0 cm³/mol. The highest BCUT2D eigenvalue weighted by molar-refractivity contribution is 9.10. The summed E-state index contributed by atoms with van der Waals surface area (Å²) in [6, 6.07) is 7.88. The molecule has 6 heteroatoms. The smallest absolute Gasteiger partial charge is 0.230 e. The summed E-state index contributed by atoms with van der Waals surface area (Å²) in [5.41, 5.74) is 1.88. The Morgan fingerprint density at radius 1 is 1.25 bits per heavy atom. The lowest BCUT2D eigenvalue weighted by Crippen LogP contribution is -2.28. The summed E-state index contributed by atoms with van der Waals surface area (Å²) in [5, 5.41) is 2.73. The zero-order valence-corrected chi connectivity index (χ0v) is 12.9. The molecule has 1 aliphatic heterocycles. The fraction of sp³-hybridized carbons (Fsp3) is 0.214. The zero-order chi connectivity index (χ0) is 14.1. The molecule has 0 spiro atoms. The molecule has 4 nitrogen and oxygen atoms in total. The van der Waals surface area contributed by atoms with Crippen molar-refractivity contribution >= 4 is 39.1 Å². The number of nitrogens with zero attached hydrogens (tertiary/aromatic N) is 2. The minimum absolute atomic E-state index is 0.103. The van der Waals surface area contributed by atoms with Crippen molar-refractivity contribution in [2.45, 2.75) is 19.4 Å². The maximum Gasteiger partial charge on any atom is 0.230 e. The Labute approximate surface area is 128 Å². The molecule has 1 fully saturated rings. The van der Waals surface area contributed by atoms with Crippen LogP contribution < -0.4 is 0 Å². The molecule has 1 aliphatic rings. The molecule has 2 heterocycles. The molecule has 0 atom stereocenters. The van der Waals surface area contributed by atoms with Crippen LogP contribution in [0.25, 0.3) is 11.3 Å². The molecule has 0 N–H and O–H groups in total. The summed E-state index contributed by atoms with van der Waals surface area (Å²) in [4.78, 5) is 29.0. The van der Waals surface area contributed by atoms with E-state index in [1.807, 2.05) is 29.6 Å². The number of rotatable bonds is 3. The molecule has 1 aromatic carbocycles. The van der Waals surface area contributed by atoms with Crippen LogP contribution in [0.3, 0.4) is 0 Å². The molecule has 1 saturated heterocycles. The fourth-order valence-corrected chi connectivity index (χ4v) is 3.29. The lowest BCUT2D eigenvalue weighted by atomic mass is 10.2. The second kappa shape index (κ2) is 5.46. The normalized spacial score (nSPS) is 15.2. The first-order valence-electron chi connectivity index (χ1n) is 6.17. The van der Waals surface area contributed by atoms with Crippen LogP contribution in [0.2, 0.25) is 0 Å². The first kappa shape index (κ1) is 13.5. The number of likely N-dealkylation sites (tertiary alicyclic amines) is 1. The number of amides is 2. The Morgan fingerprint density at radius 2 is 2.00 bits per heavy atom. The second-order valence-corrected chi connectivity index (χ2v) is 6.37. The van der Waals surface area contributed by atoms with Crippen molar-refractivity contribution in [3.8, 4) is 11.3 Å². The highest BCUT2D eigenvalue weighted by Gasteiger charge is 2.29. The monoisotopic (exact) mass is 350 g/mol. The van der Waals surface area contributed by atoms with E-state index in [1.165, 1.54) is 16.2 Å². The van der Waals surface area contributed by atoms with Crippen LogP contribution >= 0.6 is 27.3 Å². The number of halogens is 1. The van der Waals surface area contributed by atoms with Gasteiger partial charge in [0.05, 0.1) is 12.2 Å². The lowest BCUT2D eigenvalue weighted by molar-refractivity contribution is -0.139. The highest BCUT2D eigenvalue weighted by atomic mass is 79.9. The van der Waals surface area contributed by atoms with E-state index in [0.717, 1.165) is 20.7 Å². The average Bonchev–Trinajstić information content (AvgIpc) is 3.01. The van der Waals surface area contributed by atoms with Crippen LogP contribution in [0.1, 0.15) is 17.8 Å². The van der Waals surface area contributed by atoms with Gasteiger partial charge in [-0.15, -0.1) is 11.3 Å². The van der Waals surface area contributed by atoms with Gasteiger partial charge in [-0.3, -0.25) is 14.5 Å². The van der Waals surface area contributed by atoms with E-state index in [0.29, 0.717) is 12.8 Å². The van der Waals surface area contributed by atoms with E-state index < -0.39 is 0 Å². The molecule has 0 unspecified atom stereocenters. The van der Waals surface area contributed by atoms with Gasteiger partial charge in [-0.05, 0) is 12.1 Å². The number of thiazole rings is 1. The molecule has 2 amide bonds. The van der Waals surface area contributed by atoms with Crippen molar-refractivity contribution in [1.82, 2.24) is 9.88 Å². The van der Waals surface area contributed by atoms with Gasteiger partial charge in [-0.25, -0.2) is 4.98 Å². The molecule has 102 valence electrons. The van der Waals surface area contributed by atoms with Crippen LogP contribution in [-0.4, -0.2) is 21.7 Å². The number of aromatic nitrogens is 1. The molecule has 0 bridgehead atoms. The van der Waals surface area contributed by atoms with Crippen molar-refractivity contribution < 1.29 is 9.59 Å². The van der Waals surface area contributed by atoms with Gasteiger partial charge >= 0.3 is 0 Å². The largest absolute Gasteiger partial charge is 0.276 e. The maximum atomic E-state index is 11.6. The van der Waals surface area contributed by atoms with Crippen molar-refractivity contribution in [2.24, 2.45) is 0 Å². The van der Waals surface area contributed by atoms with E-state index in [9.17, 15) is 9.59 Å². The van der Waals surface area contributed by atoms with Crippen LogP contribution in [0, 0.1) is 0 Å².